The SMILES string of the molecule is CCc1nc(CC)n(-c2cc(C(F)(F)F)cc(NN)n2)n1. The van der Waals surface area contributed by atoms with Gasteiger partial charge in [0, 0.05) is 12.8 Å². The lowest BCUT2D eigenvalue weighted by atomic mass is 10.2. The highest BCUT2D eigenvalue weighted by Crippen LogP contribution is 2.31. The molecular weight excluding hydrogens is 285 g/mol. The summed E-state index contributed by atoms with van der Waals surface area (Å²) >= 11 is 0. The highest BCUT2D eigenvalue weighted by atomic mass is 19.4. The second-order valence-corrected chi connectivity index (χ2v) is 4.30. The van der Waals surface area contributed by atoms with E-state index in [1.165, 1.54) is 4.68 Å². The third kappa shape index (κ3) is 3.13. The van der Waals surface area contributed by atoms with Gasteiger partial charge in [0.2, 0.25) is 0 Å². The molecule has 2 aromatic heterocycles. The lowest BCUT2D eigenvalue weighted by Gasteiger charge is -2.11. The molecule has 9 heteroatoms. The fraction of sp³-hybridized carbons (Fsp3) is 0.417. The molecule has 0 atom stereocenters. The smallest absolute Gasteiger partial charge is 0.308 e. The van der Waals surface area contributed by atoms with Crippen molar-refractivity contribution in [2.24, 2.45) is 5.84 Å². The fourth-order valence-corrected chi connectivity index (χ4v) is 1.82. The van der Waals surface area contributed by atoms with Gasteiger partial charge in [0.25, 0.3) is 0 Å². The maximum Gasteiger partial charge on any atom is 0.416 e. The molecule has 0 unspecified atom stereocenters. The van der Waals surface area contributed by atoms with E-state index in [-0.39, 0.29) is 11.6 Å². The van der Waals surface area contributed by atoms with Crippen molar-refractivity contribution in [3.8, 4) is 5.82 Å². The van der Waals surface area contributed by atoms with Crippen LogP contribution < -0.4 is 11.3 Å². The average molecular weight is 300 g/mol. The number of hydrogen-bond acceptors (Lipinski definition) is 5. The minimum absolute atomic E-state index is 0.0295. The van der Waals surface area contributed by atoms with Crippen LogP contribution in [0, 0.1) is 0 Å². The topological polar surface area (TPSA) is 81.7 Å². The molecule has 0 aliphatic rings. The number of nitrogens with one attached hydrogen (secondary N) is 1. The van der Waals surface area contributed by atoms with Gasteiger partial charge in [0.15, 0.2) is 11.6 Å². The third-order valence-electron chi connectivity index (χ3n) is 2.85. The van der Waals surface area contributed by atoms with Crippen molar-refractivity contribution in [1.82, 2.24) is 19.7 Å². The largest absolute Gasteiger partial charge is 0.416 e. The van der Waals surface area contributed by atoms with Gasteiger partial charge in [-0.15, -0.1) is 5.10 Å². The lowest BCUT2D eigenvalue weighted by molar-refractivity contribution is -0.137. The van der Waals surface area contributed by atoms with Gasteiger partial charge in [0.1, 0.15) is 11.6 Å². The zero-order valence-electron chi connectivity index (χ0n) is 11.6. The van der Waals surface area contributed by atoms with E-state index in [1.54, 1.807) is 0 Å². The first-order chi connectivity index (χ1) is 9.88. The van der Waals surface area contributed by atoms with Gasteiger partial charge in [-0.25, -0.2) is 15.8 Å². The van der Waals surface area contributed by atoms with Crippen molar-refractivity contribution in [3.05, 3.63) is 29.3 Å². The van der Waals surface area contributed by atoms with Crippen LogP contribution in [0.4, 0.5) is 19.0 Å². The van der Waals surface area contributed by atoms with Crippen LogP contribution in [0.2, 0.25) is 0 Å². The monoisotopic (exact) mass is 300 g/mol. The number of hydrazine groups is 1. The highest BCUT2D eigenvalue weighted by Gasteiger charge is 2.32. The predicted molar refractivity (Wildman–Crippen MR) is 70.7 cm³/mol. The second-order valence-electron chi connectivity index (χ2n) is 4.30. The van der Waals surface area contributed by atoms with Gasteiger partial charge >= 0.3 is 6.18 Å². The van der Waals surface area contributed by atoms with E-state index >= 15 is 0 Å². The molecular formula is C12H15F3N6. The number of nitrogens with two attached hydrogens (primary N) is 1. The Morgan fingerprint density at radius 2 is 1.90 bits per heavy atom. The molecule has 0 aliphatic heterocycles. The standard InChI is InChI=1S/C12H15F3N6/c1-3-8-17-10(4-2)21(20-8)11-6-7(12(13,14)15)5-9(18-11)19-16/h5-6H,3-4,16H2,1-2H3,(H,18,19). The summed E-state index contributed by atoms with van der Waals surface area (Å²) in [5.41, 5.74) is 1.28. The summed E-state index contributed by atoms with van der Waals surface area (Å²) in [5, 5.41) is 4.18. The molecule has 2 aromatic rings. The molecule has 6 nitrogen and oxygen atoms in total. The number of aryl methyl sites for hydroxylation is 2. The van der Waals surface area contributed by atoms with Gasteiger partial charge in [-0.3, -0.25) is 0 Å². The summed E-state index contributed by atoms with van der Waals surface area (Å²) in [6.07, 6.45) is -3.39. The lowest BCUT2D eigenvalue weighted by Crippen LogP contribution is -2.15. The van der Waals surface area contributed by atoms with Crippen molar-refractivity contribution in [1.29, 1.82) is 0 Å². The quantitative estimate of drug-likeness (QED) is 0.667. The first-order valence-electron chi connectivity index (χ1n) is 6.40. The molecule has 21 heavy (non-hydrogen) atoms. The number of hydrogen-bond donors (Lipinski definition) is 2. The van der Waals surface area contributed by atoms with E-state index < -0.39 is 11.7 Å². The maximum absolute atomic E-state index is 12.9. The Morgan fingerprint density at radius 1 is 1.19 bits per heavy atom. The van der Waals surface area contributed by atoms with Crippen LogP contribution in [-0.2, 0) is 19.0 Å². The van der Waals surface area contributed by atoms with Gasteiger partial charge in [-0.05, 0) is 12.1 Å². The Morgan fingerprint density at radius 3 is 2.43 bits per heavy atom. The Bertz CT molecular complexity index is 634. The molecule has 0 saturated heterocycles. The minimum atomic E-state index is -4.50. The van der Waals surface area contributed by atoms with Gasteiger partial charge in [0.05, 0.1) is 5.56 Å². The van der Waals surface area contributed by atoms with Crippen LogP contribution in [0.15, 0.2) is 12.1 Å². The van der Waals surface area contributed by atoms with Crippen molar-refractivity contribution >= 4 is 5.82 Å². The highest BCUT2D eigenvalue weighted by molar-refractivity contribution is 5.44. The molecule has 2 rings (SSSR count). The van der Waals surface area contributed by atoms with E-state index in [9.17, 15) is 13.2 Å². The number of nitrogen functional groups attached to an aromatic ring is 1. The van der Waals surface area contributed by atoms with E-state index in [0.717, 1.165) is 12.1 Å². The number of rotatable bonds is 4. The summed E-state index contributed by atoms with van der Waals surface area (Å²) in [7, 11) is 0. The Kier molecular flexibility index (Phi) is 4.12. The van der Waals surface area contributed by atoms with Crippen LogP contribution in [-0.4, -0.2) is 19.7 Å². The minimum Gasteiger partial charge on any atom is -0.308 e. The number of aromatic nitrogens is 4. The molecule has 0 amide bonds. The molecule has 3 N–H and O–H groups in total. The van der Waals surface area contributed by atoms with E-state index in [4.69, 9.17) is 5.84 Å². The Balaban J connectivity index is 2.60. The first-order valence-corrected chi connectivity index (χ1v) is 6.40. The maximum atomic E-state index is 12.9. The van der Waals surface area contributed by atoms with Crippen molar-refractivity contribution in [2.75, 3.05) is 5.43 Å². The van der Waals surface area contributed by atoms with Crippen LogP contribution in [0.5, 0.6) is 0 Å². The second kappa shape index (κ2) is 5.68. The van der Waals surface area contributed by atoms with E-state index in [1.807, 2.05) is 13.8 Å². The van der Waals surface area contributed by atoms with Crippen LogP contribution in [0.25, 0.3) is 5.82 Å². The van der Waals surface area contributed by atoms with Gasteiger partial charge < -0.3 is 5.43 Å². The predicted octanol–water partition coefficient (Wildman–Crippen LogP) is 2.09. The number of halogens is 3. The zero-order chi connectivity index (χ0) is 15.6. The number of nitrogens with zero attached hydrogens (tertiary/aromatic N) is 4. The number of alkyl halides is 3. The van der Waals surface area contributed by atoms with Crippen molar-refractivity contribution in [3.63, 3.8) is 0 Å². The molecule has 0 bridgehead atoms. The summed E-state index contributed by atoms with van der Waals surface area (Å²) in [4.78, 5) is 8.27. The van der Waals surface area contributed by atoms with Crippen molar-refractivity contribution < 1.29 is 13.2 Å². The molecule has 0 aliphatic carbocycles. The molecule has 0 aromatic carbocycles. The molecule has 0 radical (unpaired) electrons. The summed E-state index contributed by atoms with van der Waals surface area (Å²) in [6, 6.07) is 1.76. The van der Waals surface area contributed by atoms with Crippen LogP contribution in [0.1, 0.15) is 31.1 Å². The summed E-state index contributed by atoms with van der Waals surface area (Å²) < 4.78 is 40.1. The molecule has 2 heterocycles. The van der Waals surface area contributed by atoms with Gasteiger partial charge in [-0.2, -0.15) is 17.9 Å². The average Bonchev–Trinajstić information content (AvgIpc) is 2.89. The molecule has 0 saturated carbocycles. The number of pyridine rings is 1. The normalized spacial score (nSPS) is 11.7. The summed E-state index contributed by atoms with van der Waals surface area (Å²) in [6.45, 7) is 3.71. The first kappa shape index (κ1) is 15.2. The number of anilines is 1. The van der Waals surface area contributed by atoms with Crippen molar-refractivity contribution in [2.45, 2.75) is 32.9 Å². The van der Waals surface area contributed by atoms with Crippen LogP contribution in [0.3, 0.4) is 0 Å². The molecule has 0 spiro atoms. The third-order valence-corrected chi connectivity index (χ3v) is 2.85. The fourth-order valence-electron chi connectivity index (χ4n) is 1.82. The Hall–Kier alpha value is -2.16. The Labute approximate surface area is 119 Å². The van der Waals surface area contributed by atoms with Gasteiger partial charge in [-0.1, -0.05) is 13.8 Å². The summed E-state index contributed by atoms with van der Waals surface area (Å²) in [5.74, 6) is 6.22. The van der Waals surface area contributed by atoms with Crippen LogP contribution >= 0.6 is 0 Å². The van der Waals surface area contributed by atoms with E-state index in [0.29, 0.717) is 24.5 Å². The molecule has 114 valence electrons. The van der Waals surface area contributed by atoms with E-state index in [2.05, 4.69) is 20.5 Å². The zero-order valence-corrected chi connectivity index (χ0v) is 11.6. The molecule has 0 fully saturated rings.